The van der Waals surface area contributed by atoms with Crippen LogP contribution in [0.5, 0.6) is 0 Å². The number of likely N-dealkylation sites (tertiary alicyclic amines) is 1. The van der Waals surface area contributed by atoms with Crippen LogP contribution in [0.2, 0.25) is 0 Å². The summed E-state index contributed by atoms with van der Waals surface area (Å²) in [5, 5.41) is 8.97. The van der Waals surface area contributed by atoms with Crippen LogP contribution in [0.1, 0.15) is 32.1 Å². The van der Waals surface area contributed by atoms with Crippen molar-refractivity contribution in [3.63, 3.8) is 0 Å². The van der Waals surface area contributed by atoms with Gasteiger partial charge in [0.1, 0.15) is 0 Å². The first-order valence-electron chi connectivity index (χ1n) is 6.34. The topological polar surface area (TPSA) is 57.6 Å². The second kappa shape index (κ2) is 5.34. The number of allylic oxidation sites excluding steroid dienone is 2. The van der Waals surface area contributed by atoms with Crippen molar-refractivity contribution in [2.24, 2.45) is 11.8 Å². The minimum atomic E-state index is -0.775. The van der Waals surface area contributed by atoms with E-state index in [2.05, 4.69) is 12.2 Å². The summed E-state index contributed by atoms with van der Waals surface area (Å²) in [4.78, 5) is 24.7. The first kappa shape index (κ1) is 12.1. The van der Waals surface area contributed by atoms with E-state index < -0.39 is 5.97 Å². The third-order valence-corrected chi connectivity index (χ3v) is 3.67. The molecule has 0 aromatic rings. The van der Waals surface area contributed by atoms with E-state index in [-0.39, 0.29) is 11.8 Å². The van der Waals surface area contributed by atoms with Crippen LogP contribution in [0.15, 0.2) is 12.2 Å². The van der Waals surface area contributed by atoms with Crippen LogP contribution in [0.25, 0.3) is 0 Å². The van der Waals surface area contributed by atoms with Gasteiger partial charge in [-0.2, -0.15) is 0 Å². The molecule has 1 fully saturated rings. The van der Waals surface area contributed by atoms with Gasteiger partial charge >= 0.3 is 5.97 Å². The van der Waals surface area contributed by atoms with Gasteiger partial charge in [0.15, 0.2) is 0 Å². The fourth-order valence-corrected chi connectivity index (χ4v) is 2.62. The molecule has 0 bridgehead atoms. The van der Waals surface area contributed by atoms with Gasteiger partial charge in [-0.3, -0.25) is 9.59 Å². The van der Waals surface area contributed by atoms with Crippen LogP contribution in [0, 0.1) is 11.8 Å². The van der Waals surface area contributed by atoms with E-state index in [4.69, 9.17) is 5.11 Å². The number of carbonyl (C=O) groups is 2. The fourth-order valence-electron chi connectivity index (χ4n) is 2.62. The van der Waals surface area contributed by atoms with Crippen LogP contribution in [-0.2, 0) is 9.59 Å². The average molecular weight is 237 g/mol. The Morgan fingerprint density at radius 1 is 1.35 bits per heavy atom. The molecule has 0 saturated carbocycles. The van der Waals surface area contributed by atoms with Crippen molar-refractivity contribution in [3.05, 3.63) is 12.2 Å². The zero-order chi connectivity index (χ0) is 12.3. The molecular formula is C13H19NO3. The second-order valence-corrected chi connectivity index (χ2v) is 4.99. The van der Waals surface area contributed by atoms with Crippen molar-refractivity contribution < 1.29 is 14.7 Å². The van der Waals surface area contributed by atoms with E-state index in [1.165, 1.54) is 0 Å². The second-order valence-electron chi connectivity index (χ2n) is 4.99. The Bertz CT molecular complexity index is 338. The third kappa shape index (κ3) is 3.08. The van der Waals surface area contributed by atoms with Gasteiger partial charge in [-0.1, -0.05) is 12.2 Å². The van der Waals surface area contributed by atoms with Crippen LogP contribution in [0.3, 0.4) is 0 Å². The first-order chi connectivity index (χ1) is 8.16. The van der Waals surface area contributed by atoms with E-state index in [0.717, 1.165) is 25.8 Å². The highest BCUT2D eigenvalue weighted by atomic mass is 16.4. The molecule has 1 aliphatic heterocycles. The van der Waals surface area contributed by atoms with Gasteiger partial charge in [-0.05, 0) is 31.6 Å². The molecular weight excluding hydrogens is 218 g/mol. The zero-order valence-electron chi connectivity index (χ0n) is 9.97. The maximum atomic E-state index is 12.0. The molecule has 0 radical (unpaired) electrons. The molecule has 2 rings (SSSR count). The van der Waals surface area contributed by atoms with Gasteiger partial charge in [0, 0.05) is 19.5 Å². The number of hydrogen-bond donors (Lipinski definition) is 1. The average Bonchev–Trinajstić information content (AvgIpc) is 2.82. The molecule has 94 valence electrons. The van der Waals surface area contributed by atoms with Crippen molar-refractivity contribution in [2.75, 3.05) is 13.1 Å². The third-order valence-electron chi connectivity index (χ3n) is 3.67. The van der Waals surface area contributed by atoms with Crippen LogP contribution >= 0.6 is 0 Å². The number of piperidine rings is 1. The van der Waals surface area contributed by atoms with E-state index in [1.54, 1.807) is 4.90 Å². The molecule has 4 heteroatoms. The van der Waals surface area contributed by atoms with E-state index in [9.17, 15) is 9.59 Å². The van der Waals surface area contributed by atoms with Gasteiger partial charge in [-0.15, -0.1) is 0 Å². The predicted molar refractivity (Wildman–Crippen MR) is 63.4 cm³/mol. The summed E-state index contributed by atoms with van der Waals surface area (Å²) in [7, 11) is 0. The molecule has 1 amide bonds. The Morgan fingerprint density at radius 3 is 2.82 bits per heavy atom. The standard InChI is InChI=1S/C13H19NO3/c15-12(8-10-4-1-2-5-10)14-7-3-6-11(9-14)13(16)17/h1,4,10-11H,2-3,5-9H2,(H,16,17)/t10-,11+/m1/s1. The molecule has 2 aliphatic rings. The Hall–Kier alpha value is -1.32. The smallest absolute Gasteiger partial charge is 0.308 e. The Balaban J connectivity index is 1.85. The van der Waals surface area contributed by atoms with Crippen LogP contribution < -0.4 is 0 Å². The normalized spacial score (nSPS) is 28.4. The number of carbonyl (C=O) groups excluding carboxylic acids is 1. The van der Waals surface area contributed by atoms with Crippen LogP contribution in [-0.4, -0.2) is 35.0 Å². The minimum Gasteiger partial charge on any atom is -0.481 e. The number of nitrogens with zero attached hydrogens (tertiary/aromatic N) is 1. The molecule has 1 saturated heterocycles. The van der Waals surface area contributed by atoms with Crippen molar-refractivity contribution in [2.45, 2.75) is 32.1 Å². The van der Waals surface area contributed by atoms with Crippen molar-refractivity contribution in [1.29, 1.82) is 0 Å². The summed E-state index contributed by atoms with van der Waals surface area (Å²) in [6, 6.07) is 0. The minimum absolute atomic E-state index is 0.118. The van der Waals surface area contributed by atoms with Crippen molar-refractivity contribution in [1.82, 2.24) is 4.90 Å². The largest absolute Gasteiger partial charge is 0.481 e. The lowest BCUT2D eigenvalue weighted by molar-refractivity contribution is -0.145. The highest BCUT2D eigenvalue weighted by Crippen LogP contribution is 2.23. The molecule has 1 heterocycles. The highest BCUT2D eigenvalue weighted by molar-refractivity contribution is 5.78. The molecule has 1 aliphatic carbocycles. The molecule has 4 nitrogen and oxygen atoms in total. The quantitative estimate of drug-likeness (QED) is 0.759. The first-order valence-corrected chi connectivity index (χ1v) is 6.34. The Labute approximate surface area is 101 Å². The SMILES string of the molecule is O=C(O)[C@H]1CCCN(C(=O)C[C@@H]2C=CCC2)C1. The van der Waals surface area contributed by atoms with E-state index in [1.807, 2.05) is 0 Å². The summed E-state index contributed by atoms with van der Waals surface area (Å²) < 4.78 is 0. The van der Waals surface area contributed by atoms with Gasteiger partial charge in [0.2, 0.25) is 5.91 Å². The van der Waals surface area contributed by atoms with Gasteiger partial charge in [-0.25, -0.2) is 0 Å². The lowest BCUT2D eigenvalue weighted by Gasteiger charge is -2.31. The number of amides is 1. The number of carboxylic acids is 1. The van der Waals surface area contributed by atoms with Gasteiger partial charge in [0.05, 0.1) is 5.92 Å². The summed E-state index contributed by atoms with van der Waals surface area (Å²) in [5.74, 6) is -0.657. The molecule has 0 unspecified atom stereocenters. The van der Waals surface area contributed by atoms with Gasteiger partial charge in [0.25, 0.3) is 0 Å². The molecule has 0 aromatic heterocycles. The van der Waals surface area contributed by atoms with E-state index >= 15 is 0 Å². The lowest BCUT2D eigenvalue weighted by atomic mass is 9.97. The molecule has 0 aromatic carbocycles. The van der Waals surface area contributed by atoms with Gasteiger partial charge < -0.3 is 10.0 Å². The van der Waals surface area contributed by atoms with Crippen LogP contribution in [0.4, 0.5) is 0 Å². The molecule has 1 N–H and O–H groups in total. The monoisotopic (exact) mass is 237 g/mol. The summed E-state index contributed by atoms with van der Waals surface area (Å²) in [6.07, 6.45) is 8.40. The number of carboxylic acid groups (broad SMARTS) is 1. The maximum absolute atomic E-state index is 12.0. The van der Waals surface area contributed by atoms with Crippen molar-refractivity contribution in [3.8, 4) is 0 Å². The lowest BCUT2D eigenvalue weighted by Crippen LogP contribution is -2.42. The summed E-state index contributed by atoms with van der Waals surface area (Å²) in [6.45, 7) is 1.11. The zero-order valence-corrected chi connectivity index (χ0v) is 9.97. The fraction of sp³-hybridized carbons (Fsp3) is 0.692. The maximum Gasteiger partial charge on any atom is 0.308 e. The molecule has 2 atom stereocenters. The van der Waals surface area contributed by atoms with E-state index in [0.29, 0.717) is 25.3 Å². The Kier molecular flexibility index (Phi) is 3.82. The number of rotatable bonds is 3. The summed E-state index contributed by atoms with van der Waals surface area (Å²) >= 11 is 0. The molecule has 17 heavy (non-hydrogen) atoms. The number of aliphatic carboxylic acids is 1. The Morgan fingerprint density at radius 2 is 2.18 bits per heavy atom. The number of hydrogen-bond acceptors (Lipinski definition) is 2. The summed E-state index contributed by atoms with van der Waals surface area (Å²) in [5.41, 5.74) is 0. The molecule has 0 spiro atoms. The highest BCUT2D eigenvalue weighted by Gasteiger charge is 2.28. The predicted octanol–water partition coefficient (Wildman–Crippen LogP) is 1.67. The van der Waals surface area contributed by atoms with Crippen molar-refractivity contribution >= 4 is 11.9 Å².